The minimum absolute atomic E-state index is 0.237. The van der Waals surface area contributed by atoms with Crippen LogP contribution in [0, 0.1) is 13.8 Å². The summed E-state index contributed by atoms with van der Waals surface area (Å²) in [6, 6.07) is 6.59. The Kier molecular flexibility index (Phi) is 3.85. The first kappa shape index (κ1) is 13.5. The average molecular weight is 322 g/mol. The summed E-state index contributed by atoms with van der Waals surface area (Å²) in [5.74, 6) is 0.0967. The van der Waals surface area contributed by atoms with Crippen molar-refractivity contribution in [2.75, 3.05) is 0 Å². The Hall–Kier alpha value is -1.88. The van der Waals surface area contributed by atoms with Crippen LogP contribution >= 0.6 is 15.9 Å². The first-order valence-corrected chi connectivity index (χ1v) is 6.41. The van der Waals surface area contributed by atoms with Gasteiger partial charge in [0.2, 0.25) is 5.88 Å². The van der Waals surface area contributed by atoms with Crippen LogP contribution in [0.5, 0.6) is 11.6 Å². The number of carboxylic acids is 1. The molecule has 0 bridgehead atoms. The average Bonchev–Trinajstić information content (AvgIpc) is 2.37. The molecule has 0 saturated heterocycles. The number of nitrogens with zero attached hydrogens (tertiary/aromatic N) is 1. The number of ether oxygens (including phenoxy) is 1. The molecule has 2 aromatic rings. The summed E-state index contributed by atoms with van der Waals surface area (Å²) in [7, 11) is 0. The first-order valence-electron chi connectivity index (χ1n) is 5.62. The fourth-order valence-corrected chi connectivity index (χ4v) is 1.90. The standard InChI is InChI=1S/C14H12BrNO3/c1-8-5-6-16-13(12(8)15)19-11-4-3-10(14(17)18)7-9(11)2/h3-7H,1-2H3,(H,17,18). The van der Waals surface area contributed by atoms with E-state index in [9.17, 15) is 4.79 Å². The Morgan fingerprint density at radius 2 is 2.00 bits per heavy atom. The van der Waals surface area contributed by atoms with Gasteiger partial charge in [0.15, 0.2) is 0 Å². The van der Waals surface area contributed by atoms with Crippen molar-refractivity contribution in [1.82, 2.24) is 4.98 Å². The minimum atomic E-state index is -0.954. The highest BCUT2D eigenvalue weighted by molar-refractivity contribution is 9.10. The second-order valence-corrected chi connectivity index (χ2v) is 4.93. The van der Waals surface area contributed by atoms with E-state index < -0.39 is 5.97 Å². The second-order valence-electron chi connectivity index (χ2n) is 4.13. The number of aromatic carboxylic acids is 1. The van der Waals surface area contributed by atoms with E-state index >= 15 is 0 Å². The van der Waals surface area contributed by atoms with Crippen molar-refractivity contribution in [2.45, 2.75) is 13.8 Å². The van der Waals surface area contributed by atoms with Gasteiger partial charge in [0.05, 0.1) is 10.0 Å². The molecule has 98 valence electrons. The van der Waals surface area contributed by atoms with E-state index in [-0.39, 0.29) is 5.56 Å². The third-order valence-corrected chi connectivity index (χ3v) is 3.64. The molecule has 0 amide bonds. The molecule has 0 radical (unpaired) electrons. The highest BCUT2D eigenvalue weighted by Gasteiger charge is 2.10. The Morgan fingerprint density at radius 1 is 1.26 bits per heavy atom. The summed E-state index contributed by atoms with van der Waals surface area (Å²) in [4.78, 5) is 15.0. The van der Waals surface area contributed by atoms with Crippen LogP contribution in [0.15, 0.2) is 34.9 Å². The monoisotopic (exact) mass is 321 g/mol. The fraction of sp³-hybridized carbons (Fsp3) is 0.143. The number of pyridine rings is 1. The SMILES string of the molecule is Cc1cc(C(=O)O)ccc1Oc1nccc(C)c1Br. The Balaban J connectivity index is 2.34. The van der Waals surface area contributed by atoms with Gasteiger partial charge in [-0.1, -0.05) is 0 Å². The third-order valence-electron chi connectivity index (χ3n) is 2.68. The van der Waals surface area contributed by atoms with Crippen LogP contribution in [0.3, 0.4) is 0 Å². The van der Waals surface area contributed by atoms with Gasteiger partial charge in [0.1, 0.15) is 5.75 Å². The van der Waals surface area contributed by atoms with Gasteiger partial charge in [0, 0.05) is 6.20 Å². The lowest BCUT2D eigenvalue weighted by atomic mass is 10.1. The van der Waals surface area contributed by atoms with E-state index in [1.807, 2.05) is 13.0 Å². The van der Waals surface area contributed by atoms with Crippen LogP contribution in [0.2, 0.25) is 0 Å². The molecule has 0 saturated carbocycles. The summed E-state index contributed by atoms with van der Waals surface area (Å²) >= 11 is 3.42. The maximum atomic E-state index is 10.9. The van der Waals surface area contributed by atoms with Gasteiger partial charge in [-0.15, -0.1) is 0 Å². The van der Waals surface area contributed by atoms with E-state index in [1.165, 1.54) is 6.07 Å². The van der Waals surface area contributed by atoms with Crippen molar-refractivity contribution in [3.63, 3.8) is 0 Å². The molecule has 0 unspecified atom stereocenters. The Bertz CT molecular complexity index is 641. The molecule has 19 heavy (non-hydrogen) atoms. The van der Waals surface area contributed by atoms with Gasteiger partial charge >= 0.3 is 5.97 Å². The van der Waals surface area contributed by atoms with Crippen LogP contribution in [0.1, 0.15) is 21.5 Å². The Morgan fingerprint density at radius 3 is 2.63 bits per heavy atom. The predicted molar refractivity (Wildman–Crippen MR) is 74.9 cm³/mol. The van der Waals surface area contributed by atoms with Crippen molar-refractivity contribution in [2.24, 2.45) is 0 Å². The second kappa shape index (κ2) is 5.40. The maximum absolute atomic E-state index is 10.9. The van der Waals surface area contributed by atoms with Crippen LogP contribution in [0.25, 0.3) is 0 Å². The molecule has 1 aromatic carbocycles. The summed E-state index contributed by atoms with van der Waals surface area (Å²) in [5, 5.41) is 8.91. The van der Waals surface area contributed by atoms with Crippen LogP contribution in [-0.2, 0) is 0 Å². The number of carbonyl (C=O) groups is 1. The van der Waals surface area contributed by atoms with E-state index in [1.54, 1.807) is 25.3 Å². The van der Waals surface area contributed by atoms with Crippen molar-refractivity contribution < 1.29 is 14.6 Å². The number of halogens is 1. The number of hydrogen-bond donors (Lipinski definition) is 1. The molecule has 0 aliphatic carbocycles. The fourth-order valence-electron chi connectivity index (χ4n) is 1.59. The van der Waals surface area contributed by atoms with E-state index in [2.05, 4.69) is 20.9 Å². The zero-order valence-electron chi connectivity index (χ0n) is 10.5. The predicted octanol–water partition coefficient (Wildman–Crippen LogP) is 3.95. The lowest BCUT2D eigenvalue weighted by molar-refractivity contribution is 0.0697. The zero-order chi connectivity index (χ0) is 14.0. The van der Waals surface area contributed by atoms with Gasteiger partial charge in [-0.3, -0.25) is 0 Å². The van der Waals surface area contributed by atoms with Crippen LogP contribution in [-0.4, -0.2) is 16.1 Å². The lowest BCUT2D eigenvalue weighted by Gasteiger charge is -2.10. The van der Waals surface area contributed by atoms with Gasteiger partial charge in [0.25, 0.3) is 0 Å². The molecular formula is C14H12BrNO3. The summed E-state index contributed by atoms with van der Waals surface area (Å²) in [6.07, 6.45) is 1.66. The van der Waals surface area contributed by atoms with Crippen LogP contribution in [0.4, 0.5) is 0 Å². The molecule has 1 aromatic heterocycles. The smallest absolute Gasteiger partial charge is 0.335 e. The van der Waals surface area contributed by atoms with Gasteiger partial charge < -0.3 is 9.84 Å². The first-order chi connectivity index (χ1) is 8.99. The minimum Gasteiger partial charge on any atom is -0.478 e. The van der Waals surface area contributed by atoms with Crippen molar-refractivity contribution in [3.05, 3.63) is 51.6 Å². The highest BCUT2D eigenvalue weighted by Crippen LogP contribution is 2.31. The van der Waals surface area contributed by atoms with Crippen molar-refractivity contribution >= 4 is 21.9 Å². The summed E-state index contributed by atoms with van der Waals surface area (Å²) < 4.78 is 6.49. The summed E-state index contributed by atoms with van der Waals surface area (Å²) in [5.41, 5.74) is 2.00. The number of aromatic nitrogens is 1. The normalized spacial score (nSPS) is 10.3. The molecular weight excluding hydrogens is 310 g/mol. The topological polar surface area (TPSA) is 59.4 Å². The molecule has 1 heterocycles. The number of benzene rings is 1. The number of aryl methyl sites for hydroxylation is 2. The number of rotatable bonds is 3. The van der Waals surface area contributed by atoms with Gasteiger partial charge in [-0.2, -0.15) is 0 Å². The van der Waals surface area contributed by atoms with E-state index in [0.717, 1.165) is 15.6 Å². The number of hydrogen-bond acceptors (Lipinski definition) is 3. The number of carboxylic acid groups (broad SMARTS) is 1. The Labute approximate surface area is 119 Å². The molecule has 0 aliphatic heterocycles. The molecule has 2 rings (SSSR count). The molecule has 4 nitrogen and oxygen atoms in total. The van der Waals surface area contributed by atoms with Crippen molar-refractivity contribution in [1.29, 1.82) is 0 Å². The molecule has 0 aliphatic rings. The van der Waals surface area contributed by atoms with E-state index in [4.69, 9.17) is 9.84 Å². The third kappa shape index (κ3) is 2.93. The molecule has 5 heteroatoms. The highest BCUT2D eigenvalue weighted by atomic mass is 79.9. The largest absolute Gasteiger partial charge is 0.478 e. The van der Waals surface area contributed by atoms with E-state index in [0.29, 0.717) is 11.6 Å². The quantitative estimate of drug-likeness (QED) is 0.929. The van der Waals surface area contributed by atoms with Crippen LogP contribution < -0.4 is 4.74 Å². The molecule has 1 N–H and O–H groups in total. The molecule has 0 spiro atoms. The molecule has 0 fully saturated rings. The summed E-state index contributed by atoms with van der Waals surface area (Å²) in [6.45, 7) is 3.74. The molecule has 0 atom stereocenters. The maximum Gasteiger partial charge on any atom is 0.335 e. The lowest BCUT2D eigenvalue weighted by Crippen LogP contribution is -1.98. The van der Waals surface area contributed by atoms with Crippen molar-refractivity contribution in [3.8, 4) is 11.6 Å². The van der Waals surface area contributed by atoms with Gasteiger partial charge in [-0.05, 0) is 65.2 Å². The van der Waals surface area contributed by atoms with Gasteiger partial charge in [-0.25, -0.2) is 9.78 Å². The zero-order valence-corrected chi connectivity index (χ0v) is 12.1.